The molecule has 0 unspecified atom stereocenters. The standard InChI is InChI=1S/C23H19NO4/c25-22(14-16-9-10-20-21(13-16)28-12-11-27-20)24-19-8-4-7-18(15-19)23(26)17-5-2-1-3-6-17/h1-10,13,15H,11-12,14H2,(H,24,25). The lowest BCUT2D eigenvalue weighted by Crippen LogP contribution is -2.17. The summed E-state index contributed by atoms with van der Waals surface area (Å²) in [6.45, 7) is 1.04. The average molecular weight is 373 g/mol. The van der Waals surface area contributed by atoms with Crippen LogP contribution in [-0.2, 0) is 11.2 Å². The largest absolute Gasteiger partial charge is 0.486 e. The number of ketones is 1. The maximum atomic E-state index is 12.6. The van der Waals surface area contributed by atoms with Gasteiger partial charge in [-0.25, -0.2) is 0 Å². The quantitative estimate of drug-likeness (QED) is 0.690. The first-order chi connectivity index (χ1) is 13.7. The SMILES string of the molecule is O=C(Cc1ccc2c(c1)OCCO2)Nc1cccc(C(=O)c2ccccc2)c1. The van der Waals surface area contributed by atoms with Gasteiger partial charge in [0.2, 0.25) is 5.91 Å². The number of amides is 1. The van der Waals surface area contributed by atoms with Gasteiger partial charge in [0.05, 0.1) is 6.42 Å². The zero-order valence-electron chi connectivity index (χ0n) is 15.2. The van der Waals surface area contributed by atoms with E-state index in [2.05, 4.69) is 5.32 Å². The number of carbonyl (C=O) groups excluding carboxylic acids is 2. The Morgan fingerprint density at radius 3 is 2.36 bits per heavy atom. The van der Waals surface area contributed by atoms with E-state index in [4.69, 9.17) is 9.47 Å². The van der Waals surface area contributed by atoms with Gasteiger partial charge in [-0.3, -0.25) is 9.59 Å². The van der Waals surface area contributed by atoms with E-state index in [-0.39, 0.29) is 18.1 Å². The van der Waals surface area contributed by atoms with E-state index in [1.807, 2.05) is 36.4 Å². The number of carbonyl (C=O) groups is 2. The van der Waals surface area contributed by atoms with Gasteiger partial charge in [-0.15, -0.1) is 0 Å². The Morgan fingerprint density at radius 1 is 0.786 bits per heavy atom. The van der Waals surface area contributed by atoms with Crippen LogP contribution in [-0.4, -0.2) is 24.9 Å². The van der Waals surface area contributed by atoms with Crippen molar-refractivity contribution in [3.63, 3.8) is 0 Å². The molecule has 0 fully saturated rings. The molecule has 0 spiro atoms. The number of ether oxygens (including phenoxy) is 2. The summed E-state index contributed by atoms with van der Waals surface area (Å²) in [5, 5.41) is 2.85. The first-order valence-corrected chi connectivity index (χ1v) is 9.07. The summed E-state index contributed by atoms with van der Waals surface area (Å²) in [7, 11) is 0. The number of anilines is 1. The highest BCUT2D eigenvalue weighted by Crippen LogP contribution is 2.31. The molecule has 1 amide bonds. The fourth-order valence-corrected chi connectivity index (χ4v) is 3.08. The Kier molecular flexibility index (Phi) is 5.06. The Morgan fingerprint density at radius 2 is 1.54 bits per heavy atom. The molecule has 1 aliphatic rings. The second-order valence-electron chi connectivity index (χ2n) is 6.48. The Hall–Kier alpha value is -3.60. The monoisotopic (exact) mass is 373 g/mol. The van der Waals surface area contributed by atoms with Crippen molar-refractivity contribution in [3.8, 4) is 11.5 Å². The van der Waals surface area contributed by atoms with Crippen molar-refractivity contribution in [3.05, 3.63) is 89.5 Å². The van der Waals surface area contributed by atoms with Crippen LogP contribution in [0.4, 0.5) is 5.69 Å². The van der Waals surface area contributed by atoms with Crippen molar-refractivity contribution < 1.29 is 19.1 Å². The Bertz CT molecular complexity index is 1010. The molecule has 0 radical (unpaired) electrons. The lowest BCUT2D eigenvalue weighted by molar-refractivity contribution is -0.115. The molecule has 5 nitrogen and oxygen atoms in total. The lowest BCUT2D eigenvalue weighted by Gasteiger charge is -2.18. The van der Waals surface area contributed by atoms with Crippen LogP contribution in [0.1, 0.15) is 21.5 Å². The first-order valence-electron chi connectivity index (χ1n) is 9.07. The smallest absolute Gasteiger partial charge is 0.228 e. The van der Waals surface area contributed by atoms with Crippen molar-refractivity contribution in [2.24, 2.45) is 0 Å². The van der Waals surface area contributed by atoms with Gasteiger partial charge >= 0.3 is 0 Å². The minimum Gasteiger partial charge on any atom is -0.486 e. The zero-order valence-corrected chi connectivity index (χ0v) is 15.2. The van der Waals surface area contributed by atoms with Crippen LogP contribution in [0.5, 0.6) is 11.5 Å². The van der Waals surface area contributed by atoms with Crippen LogP contribution in [0.3, 0.4) is 0 Å². The third-order valence-corrected chi connectivity index (χ3v) is 4.42. The number of benzene rings is 3. The number of rotatable bonds is 5. The highest BCUT2D eigenvalue weighted by atomic mass is 16.6. The molecule has 0 saturated carbocycles. The number of hydrogen-bond acceptors (Lipinski definition) is 4. The van der Waals surface area contributed by atoms with E-state index in [0.717, 1.165) is 5.56 Å². The molecule has 4 rings (SSSR count). The zero-order chi connectivity index (χ0) is 19.3. The van der Waals surface area contributed by atoms with Crippen LogP contribution in [0, 0.1) is 0 Å². The predicted octanol–water partition coefficient (Wildman–Crippen LogP) is 3.87. The van der Waals surface area contributed by atoms with E-state index in [1.165, 1.54) is 0 Å². The van der Waals surface area contributed by atoms with Crippen molar-refractivity contribution in [2.75, 3.05) is 18.5 Å². The van der Waals surface area contributed by atoms with E-state index < -0.39 is 0 Å². The maximum Gasteiger partial charge on any atom is 0.228 e. The van der Waals surface area contributed by atoms with Gasteiger partial charge in [0.15, 0.2) is 17.3 Å². The molecular weight excluding hydrogens is 354 g/mol. The van der Waals surface area contributed by atoms with Crippen LogP contribution in [0.15, 0.2) is 72.8 Å². The third-order valence-electron chi connectivity index (χ3n) is 4.42. The first kappa shape index (κ1) is 17.8. The van der Waals surface area contributed by atoms with Crippen LogP contribution in [0.25, 0.3) is 0 Å². The predicted molar refractivity (Wildman–Crippen MR) is 106 cm³/mol. The second kappa shape index (κ2) is 7.96. The average Bonchev–Trinajstić information content (AvgIpc) is 2.74. The van der Waals surface area contributed by atoms with Crippen molar-refractivity contribution in [2.45, 2.75) is 6.42 Å². The second-order valence-corrected chi connectivity index (χ2v) is 6.48. The topological polar surface area (TPSA) is 64.6 Å². The van der Waals surface area contributed by atoms with Crippen molar-refractivity contribution in [1.82, 2.24) is 0 Å². The molecule has 1 N–H and O–H groups in total. The minimum absolute atomic E-state index is 0.0801. The highest BCUT2D eigenvalue weighted by Gasteiger charge is 2.14. The summed E-state index contributed by atoms with van der Waals surface area (Å²) >= 11 is 0. The van der Waals surface area contributed by atoms with E-state index in [9.17, 15) is 9.59 Å². The third kappa shape index (κ3) is 4.04. The van der Waals surface area contributed by atoms with Gasteiger partial charge in [-0.1, -0.05) is 48.5 Å². The molecule has 28 heavy (non-hydrogen) atoms. The van der Waals surface area contributed by atoms with Gasteiger partial charge in [0, 0.05) is 16.8 Å². The summed E-state index contributed by atoms with van der Waals surface area (Å²) in [6.07, 6.45) is 0.202. The van der Waals surface area contributed by atoms with Crippen LogP contribution in [0.2, 0.25) is 0 Å². The molecule has 3 aromatic rings. The van der Waals surface area contributed by atoms with Gasteiger partial charge in [0.1, 0.15) is 13.2 Å². The molecule has 0 aliphatic carbocycles. The molecule has 0 saturated heterocycles. The summed E-state index contributed by atoms with van der Waals surface area (Å²) in [6, 6.07) is 21.5. The molecule has 1 aliphatic heterocycles. The maximum absolute atomic E-state index is 12.6. The summed E-state index contributed by atoms with van der Waals surface area (Å²) in [5.41, 5.74) is 2.56. The van der Waals surface area contributed by atoms with Crippen molar-refractivity contribution in [1.29, 1.82) is 0 Å². The lowest BCUT2D eigenvalue weighted by atomic mass is 10.0. The highest BCUT2D eigenvalue weighted by molar-refractivity contribution is 6.09. The van der Waals surface area contributed by atoms with Gasteiger partial charge in [-0.2, -0.15) is 0 Å². The summed E-state index contributed by atoms with van der Waals surface area (Å²) in [4.78, 5) is 25.0. The van der Waals surface area contributed by atoms with E-state index in [1.54, 1.807) is 36.4 Å². The molecule has 1 heterocycles. The Labute approximate surface area is 162 Å². The Balaban J connectivity index is 1.44. The summed E-state index contributed by atoms with van der Waals surface area (Å²) < 4.78 is 11.0. The van der Waals surface area contributed by atoms with Gasteiger partial charge in [0.25, 0.3) is 0 Å². The van der Waals surface area contributed by atoms with Crippen LogP contribution >= 0.6 is 0 Å². The van der Waals surface area contributed by atoms with Gasteiger partial charge < -0.3 is 14.8 Å². The molecule has 0 atom stereocenters. The fourth-order valence-electron chi connectivity index (χ4n) is 3.08. The molecule has 3 aromatic carbocycles. The van der Waals surface area contributed by atoms with E-state index >= 15 is 0 Å². The molecule has 0 aromatic heterocycles. The van der Waals surface area contributed by atoms with Crippen LogP contribution < -0.4 is 14.8 Å². The molecule has 5 heteroatoms. The number of fused-ring (bicyclic) bond motifs is 1. The fraction of sp³-hybridized carbons (Fsp3) is 0.130. The molecular formula is C23H19NO4. The van der Waals surface area contributed by atoms with Gasteiger partial charge in [-0.05, 0) is 29.8 Å². The minimum atomic E-state index is -0.166. The van der Waals surface area contributed by atoms with Crippen molar-refractivity contribution >= 4 is 17.4 Å². The normalized spacial score (nSPS) is 12.3. The van der Waals surface area contributed by atoms with E-state index in [0.29, 0.717) is 41.5 Å². The molecule has 0 bridgehead atoms. The molecule has 140 valence electrons. The number of nitrogens with one attached hydrogen (secondary N) is 1. The number of hydrogen-bond donors (Lipinski definition) is 1. The summed E-state index contributed by atoms with van der Waals surface area (Å²) in [5.74, 6) is 1.11.